The quantitative estimate of drug-likeness (QED) is 0.566. The lowest BCUT2D eigenvalue weighted by molar-refractivity contribution is 0.936. The maximum atomic E-state index is 12.6. The van der Waals surface area contributed by atoms with E-state index >= 15 is 0 Å². The Morgan fingerprint density at radius 2 is 1.83 bits per heavy atom. The summed E-state index contributed by atoms with van der Waals surface area (Å²) < 4.78 is 2.03. The van der Waals surface area contributed by atoms with E-state index < -0.39 is 0 Å². The van der Waals surface area contributed by atoms with Gasteiger partial charge in [-0.3, -0.25) is 4.79 Å². The predicted octanol–water partition coefficient (Wildman–Crippen LogP) is 2.98. The third kappa shape index (κ3) is 2.63. The minimum absolute atomic E-state index is 0.123. The van der Waals surface area contributed by atoms with Gasteiger partial charge in [0, 0.05) is 5.56 Å². The van der Waals surface area contributed by atoms with Crippen LogP contribution in [0.2, 0.25) is 0 Å². The van der Waals surface area contributed by atoms with Gasteiger partial charge < -0.3 is 0 Å². The van der Waals surface area contributed by atoms with Crippen molar-refractivity contribution in [3.63, 3.8) is 0 Å². The van der Waals surface area contributed by atoms with Gasteiger partial charge in [-0.15, -0.1) is 5.10 Å². The molecule has 4 aromatic rings. The summed E-state index contributed by atoms with van der Waals surface area (Å²) in [7, 11) is 0. The summed E-state index contributed by atoms with van der Waals surface area (Å²) in [6.07, 6.45) is 1.88. The van der Waals surface area contributed by atoms with E-state index in [2.05, 4.69) is 10.1 Å². The third-order valence-electron chi connectivity index (χ3n) is 3.83. The molecule has 2 aromatic carbocycles. The molecule has 0 aliphatic carbocycles. The molecule has 4 rings (SSSR count). The van der Waals surface area contributed by atoms with Gasteiger partial charge in [0.1, 0.15) is 0 Å². The highest BCUT2D eigenvalue weighted by molar-refractivity contribution is 7.15. The van der Waals surface area contributed by atoms with E-state index in [0.29, 0.717) is 15.3 Å². The van der Waals surface area contributed by atoms with Crippen LogP contribution in [0.1, 0.15) is 16.7 Å². The smallest absolute Gasteiger partial charge is 0.266 e. The average Bonchev–Trinajstić information content (AvgIpc) is 3.10. The van der Waals surface area contributed by atoms with Crippen molar-refractivity contribution in [3.05, 3.63) is 80.1 Å². The molecule has 0 bridgehead atoms. The Labute approximate surface area is 142 Å². The number of rotatable bonds is 2. The first kappa shape index (κ1) is 14.8. The molecule has 0 amide bonds. The molecule has 2 aromatic heterocycles. The Balaban J connectivity index is 1.81. The van der Waals surface area contributed by atoms with Crippen LogP contribution in [-0.4, -0.2) is 14.6 Å². The first-order valence-electron chi connectivity index (χ1n) is 7.65. The zero-order valence-corrected chi connectivity index (χ0v) is 14.2. The van der Waals surface area contributed by atoms with Crippen LogP contribution in [0.3, 0.4) is 0 Å². The Bertz CT molecular complexity index is 1140. The fourth-order valence-corrected chi connectivity index (χ4v) is 3.46. The van der Waals surface area contributed by atoms with Gasteiger partial charge in [0.05, 0.1) is 4.53 Å². The molecule has 0 unspecified atom stereocenters. The second-order valence-corrected chi connectivity index (χ2v) is 6.83. The van der Waals surface area contributed by atoms with Crippen molar-refractivity contribution in [2.45, 2.75) is 13.8 Å². The molecule has 0 atom stereocenters. The average molecular weight is 333 g/mol. The highest BCUT2D eigenvalue weighted by Gasteiger charge is 2.11. The monoisotopic (exact) mass is 333 g/mol. The first-order chi connectivity index (χ1) is 11.6. The van der Waals surface area contributed by atoms with Crippen LogP contribution in [0.5, 0.6) is 0 Å². The van der Waals surface area contributed by atoms with Gasteiger partial charge >= 0.3 is 0 Å². The summed E-state index contributed by atoms with van der Waals surface area (Å²) in [6, 6.07) is 16.0. The Morgan fingerprint density at radius 1 is 1.04 bits per heavy atom. The molecule has 0 N–H and O–H groups in total. The summed E-state index contributed by atoms with van der Waals surface area (Å²) in [5.74, 6) is 0.587. The highest BCUT2D eigenvalue weighted by Crippen LogP contribution is 2.17. The van der Waals surface area contributed by atoms with E-state index in [1.165, 1.54) is 21.4 Å². The van der Waals surface area contributed by atoms with Crippen molar-refractivity contribution in [1.82, 2.24) is 14.6 Å². The number of hydrogen-bond donors (Lipinski definition) is 0. The normalized spacial score (nSPS) is 12.2. The maximum absolute atomic E-state index is 12.6. The molecule has 0 spiro atoms. The fourth-order valence-electron chi connectivity index (χ4n) is 2.55. The molecule has 0 fully saturated rings. The second kappa shape index (κ2) is 5.69. The van der Waals surface area contributed by atoms with Gasteiger partial charge in [-0.2, -0.15) is 9.50 Å². The predicted molar refractivity (Wildman–Crippen MR) is 97.3 cm³/mol. The number of fused-ring (bicyclic) bond motifs is 1. The lowest BCUT2D eigenvalue weighted by Gasteiger charge is -1.95. The summed E-state index contributed by atoms with van der Waals surface area (Å²) in [5.41, 5.74) is 4.14. The maximum Gasteiger partial charge on any atom is 0.291 e. The van der Waals surface area contributed by atoms with E-state index in [0.717, 1.165) is 16.7 Å². The molecular formula is C19H15N3OS. The molecule has 24 heavy (non-hydrogen) atoms. The van der Waals surface area contributed by atoms with Gasteiger partial charge in [-0.25, -0.2) is 0 Å². The lowest BCUT2D eigenvalue weighted by atomic mass is 10.1. The Hall–Kier alpha value is -2.79. The van der Waals surface area contributed by atoms with E-state index in [-0.39, 0.29) is 5.56 Å². The molecule has 4 nitrogen and oxygen atoms in total. The standard InChI is InChI=1S/C19H15N3OS/c1-12-6-8-14(9-7-12)11-16-18(23)22-19(24-16)20-17(21-22)15-5-3-4-13(2)10-15/h3-11H,1-2H3. The molecule has 0 aliphatic rings. The van der Waals surface area contributed by atoms with Crippen LogP contribution in [0.25, 0.3) is 22.4 Å². The van der Waals surface area contributed by atoms with Gasteiger partial charge in [0.15, 0.2) is 5.82 Å². The zero-order valence-electron chi connectivity index (χ0n) is 13.4. The fraction of sp³-hybridized carbons (Fsp3) is 0.105. The molecule has 0 saturated heterocycles. The van der Waals surface area contributed by atoms with Crippen LogP contribution in [0.15, 0.2) is 53.3 Å². The van der Waals surface area contributed by atoms with Gasteiger partial charge in [0.2, 0.25) is 4.96 Å². The number of hydrogen-bond acceptors (Lipinski definition) is 4. The van der Waals surface area contributed by atoms with E-state index in [1.54, 1.807) is 0 Å². The number of nitrogens with zero attached hydrogens (tertiary/aromatic N) is 3. The number of aromatic nitrogens is 3. The minimum atomic E-state index is -0.123. The third-order valence-corrected chi connectivity index (χ3v) is 4.79. The van der Waals surface area contributed by atoms with Gasteiger partial charge in [0.25, 0.3) is 5.56 Å². The van der Waals surface area contributed by atoms with Crippen LogP contribution in [0, 0.1) is 13.8 Å². The summed E-state index contributed by atoms with van der Waals surface area (Å²) >= 11 is 1.36. The zero-order chi connectivity index (χ0) is 16.7. The topological polar surface area (TPSA) is 47.3 Å². The van der Waals surface area contributed by atoms with Crippen LogP contribution in [-0.2, 0) is 0 Å². The van der Waals surface area contributed by atoms with Crippen molar-refractivity contribution in [1.29, 1.82) is 0 Å². The van der Waals surface area contributed by atoms with E-state index in [9.17, 15) is 4.79 Å². The molecule has 0 radical (unpaired) electrons. The van der Waals surface area contributed by atoms with Crippen LogP contribution in [0.4, 0.5) is 0 Å². The van der Waals surface area contributed by atoms with Crippen molar-refractivity contribution < 1.29 is 0 Å². The summed E-state index contributed by atoms with van der Waals surface area (Å²) in [6.45, 7) is 4.06. The minimum Gasteiger partial charge on any atom is -0.266 e. The van der Waals surface area contributed by atoms with Gasteiger partial charge in [-0.1, -0.05) is 64.9 Å². The van der Waals surface area contributed by atoms with Crippen LogP contribution >= 0.6 is 11.3 Å². The number of benzene rings is 2. The van der Waals surface area contributed by atoms with Crippen LogP contribution < -0.4 is 10.1 Å². The lowest BCUT2D eigenvalue weighted by Crippen LogP contribution is -2.23. The SMILES string of the molecule is Cc1ccc(C=c2sc3nc(-c4cccc(C)c4)nn3c2=O)cc1. The second-order valence-electron chi connectivity index (χ2n) is 5.83. The molecular weight excluding hydrogens is 318 g/mol. The molecule has 2 heterocycles. The van der Waals surface area contributed by atoms with Crippen molar-refractivity contribution >= 4 is 22.4 Å². The number of thiazole rings is 1. The van der Waals surface area contributed by atoms with Crippen molar-refractivity contribution in [2.75, 3.05) is 0 Å². The summed E-state index contributed by atoms with van der Waals surface area (Å²) in [4.78, 5) is 17.7. The molecule has 0 saturated carbocycles. The van der Waals surface area contributed by atoms with Crippen molar-refractivity contribution in [2.24, 2.45) is 0 Å². The Morgan fingerprint density at radius 3 is 2.54 bits per heavy atom. The van der Waals surface area contributed by atoms with E-state index in [1.807, 2.05) is 68.5 Å². The van der Waals surface area contributed by atoms with Gasteiger partial charge in [-0.05, 0) is 31.6 Å². The summed E-state index contributed by atoms with van der Waals surface area (Å²) in [5, 5.41) is 4.38. The Kier molecular flexibility index (Phi) is 3.50. The van der Waals surface area contributed by atoms with E-state index in [4.69, 9.17) is 0 Å². The molecule has 0 aliphatic heterocycles. The molecule has 118 valence electrons. The molecule has 5 heteroatoms. The number of aryl methyl sites for hydroxylation is 2. The first-order valence-corrected chi connectivity index (χ1v) is 8.47. The highest BCUT2D eigenvalue weighted by atomic mass is 32.1. The van der Waals surface area contributed by atoms with Crippen molar-refractivity contribution in [3.8, 4) is 11.4 Å². The largest absolute Gasteiger partial charge is 0.291 e.